The Morgan fingerprint density at radius 1 is 1.47 bits per heavy atom. The van der Waals surface area contributed by atoms with Gasteiger partial charge in [0.15, 0.2) is 0 Å². The van der Waals surface area contributed by atoms with E-state index in [4.69, 9.17) is 0 Å². The highest BCUT2D eigenvalue weighted by Crippen LogP contribution is 2.28. The highest BCUT2D eigenvalue weighted by Gasteiger charge is 2.31. The third kappa shape index (κ3) is 2.60. The molecule has 3 heteroatoms. The van der Waals surface area contributed by atoms with Crippen LogP contribution in [0.25, 0.3) is 0 Å². The van der Waals surface area contributed by atoms with Crippen LogP contribution in [0.15, 0.2) is 24.5 Å². The van der Waals surface area contributed by atoms with Gasteiger partial charge in [-0.1, -0.05) is 13.8 Å². The smallest absolute Gasteiger partial charge is 0.0555 e. The zero-order chi connectivity index (χ0) is 12.3. The van der Waals surface area contributed by atoms with E-state index in [0.717, 1.165) is 13.1 Å². The Bertz CT molecular complexity index is 339. The predicted octanol–water partition coefficient (Wildman–Crippen LogP) is 2.29. The fraction of sp³-hybridized carbons (Fsp3) is 0.643. The largest absolute Gasteiger partial charge is 0.367 e. The molecule has 17 heavy (non-hydrogen) atoms. The zero-order valence-electron chi connectivity index (χ0n) is 11.1. The number of aromatic nitrogens is 1. The molecule has 1 aromatic rings. The van der Waals surface area contributed by atoms with Crippen LogP contribution in [0.3, 0.4) is 0 Å². The molecule has 2 heterocycles. The molecule has 0 spiro atoms. The van der Waals surface area contributed by atoms with Crippen LogP contribution in [0.4, 0.5) is 5.69 Å². The van der Waals surface area contributed by atoms with Crippen molar-refractivity contribution < 1.29 is 0 Å². The van der Waals surface area contributed by atoms with Crippen molar-refractivity contribution in [2.45, 2.75) is 39.3 Å². The number of nitrogens with zero attached hydrogens (tertiary/aromatic N) is 2. The number of hydrogen-bond acceptors (Lipinski definition) is 3. The molecule has 1 N–H and O–H groups in total. The van der Waals surface area contributed by atoms with Gasteiger partial charge in [0.25, 0.3) is 0 Å². The lowest BCUT2D eigenvalue weighted by Gasteiger charge is -2.44. The SMILES string of the molecule is CCNC1CCN(c2cccnc2)C(C)C1C. The highest BCUT2D eigenvalue weighted by molar-refractivity contribution is 5.45. The fourth-order valence-electron chi connectivity index (χ4n) is 2.80. The van der Waals surface area contributed by atoms with Crippen LogP contribution >= 0.6 is 0 Å². The first-order valence-electron chi connectivity index (χ1n) is 6.64. The molecule has 2 rings (SSSR count). The summed E-state index contributed by atoms with van der Waals surface area (Å²) < 4.78 is 0. The first-order chi connectivity index (χ1) is 8.24. The summed E-state index contributed by atoms with van der Waals surface area (Å²) in [4.78, 5) is 6.70. The molecule has 0 saturated carbocycles. The Morgan fingerprint density at radius 2 is 2.29 bits per heavy atom. The van der Waals surface area contributed by atoms with Crippen molar-refractivity contribution >= 4 is 5.69 Å². The monoisotopic (exact) mass is 233 g/mol. The number of hydrogen-bond donors (Lipinski definition) is 1. The lowest BCUT2D eigenvalue weighted by atomic mass is 9.86. The first kappa shape index (κ1) is 12.4. The fourth-order valence-corrected chi connectivity index (χ4v) is 2.80. The van der Waals surface area contributed by atoms with Crippen molar-refractivity contribution in [3.8, 4) is 0 Å². The van der Waals surface area contributed by atoms with Crippen LogP contribution in [0.2, 0.25) is 0 Å². The molecule has 1 fully saturated rings. The molecule has 0 amide bonds. The average molecular weight is 233 g/mol. The van der Waals surface area contributed by atoms with Gasteiger partial charge in [-0.25, -0.2) is 0 Å². The van der Waals surface area contributed by atoms with E-state index in [2.05, 4.69) is 42.0 Å². The molecule has 1 saturated heterocycles. The van der Waals surface area contributed by atoms with Crippen LogP contribution in [0.1, 0.15) is 27.2 Å². The van der Waals surface area contributed by atoms with E-state index in [-0.39, 0.29) is 0 Å². The third-order valence-electron chi connectivity index (χ3n) is 4.01. The number of rotatable bonds is 3. The van der Waals surface area contributed by atoms with E-state index in [1.807, 2.05) is 18.5 Å². The highest BCUT2D eigenvalue weighted by atomic mass is 15.2. The third-order valence-corrected chi connectivity index (χ3v) is 4.01. The standard InChI is InChI=1S/C14H23N3/c1-4-16-14-7-9-17(12(3)11(14)2)13-6-5-8-15-10-13/h5-6,8,10-12,14,16H,4,7,9H2,1-3H3. The Kier molecular flexibility index (Phi) is 4.00. The summed E-state index contributed by atoms with van der Waals surface area (Å²) in [7, 11) is 0. The second-order valence-corrected chi connectivity index (χ2v) is 4.96. The van der Waals surface area contributed by atoms with Gasteiger partial charge in [-0.15, -0.1) is 0 Å². The molecule has 3 nitrogen and oxygen atoms in total. The normalized spacial score (nSPS) is 29.4. The van der Waals surface area contributed by atoms with Crippen molar-refractivity contribution in [2.75, 3.05) is 18.0 Å². The van der Waals surface area contributed by atoms with E-state index in [1.165, 1.54) is 12.1 Å². The van der Waals surface area contributed by atoms with E-state index < -0.39 is 0 Å². The van der Waals surface area contributed by atoms with Gasteiger partial charge in [-0.3, -0.25) is 4.98 Å². The van der Waals surface area contributed by atoms with Crippen molar-refractivity contribution in [1.29, 1.82) is 0 Å². The van der Waals surface area contributed by atoms with Crippen LogP contribution in [0.5, 0.6) is 0 Å². The van der Waals surface area contributed by atoms with Gasteiger partial charge >= 0.3 is 0 Å². The van der Waals surface area contributed by atoms with E-state index >= 15 is 0 Å². The summed E-state index contributed by atoms with van der Waals surface area (Å²) in [6.45, 7) is 9.04. The van der Waals surface area contributed by atoms with Gasteiger partial charge in [-0.05, 0) is 37.9 Å². The molecule has 0 aliphatic carbocycles. The molecular formula is C14H23N3. The Hall–Kier alpha value is -1.09. The Labute approximate surface area is 104 Å². The quantitative estimate of drug-likeness (QED) is 0.868. The van der Waals surface area contributed by atoms with Gasteiger partial charge in [0.1, 0.15) is 0 Å². The van der Waals surface area contributed by atoms with Crippen molar-refractivity contribution in [3.05, 3.63) is 24.5 Å². The van der Waals surface area contributed by atoms with E-state index in [0.29, 0.717) is 18.0 Å². The van der Waals surface area contributed by atoms with Gasteiger partial charge in [0.05, 0.1) is 11.9 Å². The summed E-state index contributed by atoms with van der Waals surface area (Å²) in [6.07, 6.45) is 5.02. The van der Waals surface area contributed by atoms with E-state index in [1.54, 1.807) is 0 Å². The molecule has 0 radical (unpaired) electrons. The summed E-state index contributed by atoms with van der Waals surface area (Å²) in [6, 6.07) is 5.40. The van der Waals surface area contributed by atoms with Crippen molar-refractivity contribution in [1.82, 2.24) is 10.3 Å². The molecule has 1 aliphatic heterocycles. The second kappa shape index (κ2) is 5.50. The summed E-state index contributed by atoms with van der Waals surface area (Å²) in [5, 5.41) is 3.59. The molecule has 0 bridgehead atoms. The van der Waals surface area contributed by atoms with Crippen molar-refractivity contribution in [3.63, 3.8) is 0 Å². The predicted molar refractivity (Wildman–Crippen MR) is 72.3 cm³/mol. The lowest BCUT2D eigenvalue weighted by Crippen LogP contribution is -2.53. The zero-order valence-corrected chi connectivity index (χ0v) is 11.1. The first-order valence-corrected chi connectivity index (χ1v) is 6.64. The maximum atomic E-state index is 4.22. The van der Waals surface area contributed by atoms with Gasteiger partial charge in [-0.2, -0.15) is 0 Å². The molecule has 1 aromatic heterocycles. The lowest BCUT2D eigenvalue weighted by molar-refractivity contribution is 0.274. The van der Waals surface area contributed by atoms with Crippen molar-refractivity contribution in [2.24, 2.45) is 5.92 Å². The molecule has 1 aliphatic rings. The van der Waals surface area contributed by atoms with Gasteiger partial charge in [0, 0.05) is 24.8 Å². The summed E-state index contributed by atoms with van der Waals surface area (Å²) in [5.74, 6) is 0.670. The van der Waals surface area contributed by atoms with Gasteiger partial charge in [0.2, 0.25) is 0 Å². The maximum Gasteiger partial charge on any atom is 0.0555 e. The molecular weight excluding hydrogens is 210 g/mol. The minimum Gasteiger partial charge on any atom is -0.367 e. The molecule has 0 aromatic carbocycles. The Morgan fingerprint density at radius 3 is 2.94 bits per heavy atom. The Balaban J connectivity index is 2.08. The number of anilines is 1. The number of pyridine rings is 1. The van der Waals surface area contributed by atoms with Crippen LogP contribution in [0, 0.1) is 5.92 Å². The molecule has 3 atom stereocenters. The minimum atomic E-state index is 0.567. The average Bonchev–Trinajstić information content (AvgIpc) is 2.36. The second-order valence-electron chi connectivity index (χ2n) is 4.96. The summed E-state index contributed by atoms with van der Waals surface area (Å²) in [5.41, 5.74) is 1.25. The minimum absolute atomic E-state index is 0.567. The molecule has 3 unspecified atom stereocenters. The maximum absolute atomic E-state index is 4.22. The summed E-state index contributed by atoms with van der Waals surface area (Å²) >= 11 is 0. The van der Waals surface area contributed by atoms with Gasteiger partial charge < -0.3 is 10.2 Å². The van der Waals surface area contributed by atoms with Crippen LogP contribution in [-0.4, -0.2) is 30.2 Å². The number of nitrogens with one attached hydrogen (secondary N) is 1. The molecule has 94 valence electrons. The topological polar surface area (TPSA) is 28.2 Å². The van der Waals surface area contributed by atoms with E-state index in [9.17, 15) is 0 Å². The van der Waals surface area contributed by atoms with Crippen LogP contribution < -0.4 is 10.2 Å². The number of piperidine rings is 1. The van der Waals surface area contributed by atoms with Crippen LogP contribution in [-0.2, 0) is 0 Å².